The van der Waals surface area contributed by atoms with E-state index in [-0.39, 0.29) is 11.2 Å². The zero-order chi connectivity index (χ0) is 14.0. The average Bonchev–Trinajstić information content (AvgIpc) is 2.45. The second-order valence-corrected chi connectivity index (χ2v) is 6.22. The lowest BCUT2D eigenvalue weighted by Crippen LogP contribution is -2.49. The summed E-state index contributed by atoms with van der Waals surface area (Å²) in [5.74, 6) is 0.620. The van der Waals surface area contributed by atoms with Crippen molar-refractivity contribution in [3.05, 3.63) is 35.9 Å². The molecule has 0 bridgehead atoms. The number of nitrogens with zero attached hydrogens (tertiary/aromatic N) is 2. The van der Waals surface area contributed by atoms with E-state index >= 15 is 0 Å². The number of Topliss-reactive ketones (excluding diaryl/α,β-unsaturated/α-hetero) is 1. The molecule has 20 heavy (non-hydrogen) atoms. The molecule has 3 rings (SSSR count). The predicted octanol–water partition coefficient (Wildman–Crippen LogP) is 2.77. The van der Waals surface area contributed by atoms with Gasteiger partial charge in [0, 0.05) is 25.9 Å². The van der Waals surface area contributed by atoms with E-state index < -0.39 is 0 Å². The van der Waals surface area contributed by atoms with Gasteiger partial charge in [0.15, 0.2) is 0 Å². The molecule has 1 aromatic rings. The molecule has 0 aromatic heterocycles. The average molecular weight is 268 g/mol. The van der Waals surface area contributed by atoms with E-state index in [0.29, 0.717) is 18.8 Å². The van der Waals surface area contributed by atoms with Crippen LogP contribution in [0.4, 0.5) is 0 Å². The molecule has 1 saturated heterocycles. The Bertz CT molecular complexity index is 524. The molecule has 0 N–H and O–H groups in total. The van der Waals surface area contributed by atoms with Gasteiger partial charge in [-0.2, -0.15) is 5.26 Å². The van der Waals surface area contributed by atoms with E-state index in [9.17, 15) is 10.1 Å². The van der Waals surface area contributed by atoms with Gasteiger partial charge in [0.1, 0.15) is 5.78 Å². The molecular formula is C17H20N2O. The molecule has 2 aliphatic rings. The van der Waals surface area contributed by atoms with E-state index in [1.54, 1.807) is 0 Å². The second-order valence-electron chi connectivity index (χ2n) is 6.22. The fraction of sp³-hybridized carbons (Fsp3) is 0.529. The fourth-order valence-corrected chi connectivity index (χ4v) is 3.60. The molecule has 1 atom stereocenters. The molecule has 1 aliphatic heterocycles. The van der Waals surface area contributed by atoms with E-state index in [0.717, 1.165) is 32.5 Å². The Morgan fingerprint density at radius 1 is 1.30 bits per heavy atom. The van der Waals surface area contributed by atoms with Crippen LogP contribution >= 0.6 is 0 Å². The van der Waals surface area contributed by atoms with Crippen LogP contribution in [0.1, 0.15) is 31.2 Å². The molecule has 1 saturated carbocycles. The van der Waals surface area contributed by atoms with Gasteiger partial charge in [-0.15, -0.1) is 0 Å². The first-order chi connectivity index (χ1) is 9.72. The minimum Gasteiger partial charge on any atom is -0.300 e. The van der Waals surface area contributed by atoms with Crippen molar-refractivity contribution in [2.45, 2.75) is 32.2 Å². The minimum atomic E-state index is -0.355. The molecule has 3 heteroatoms. The van der Waals surface area contributed by atoms with Crippen LogP contribution in [-0.2, 0) is 11.3 Å². The van der Waals surface area contributed by atoms with Crippen molar-refractivity contribution in [3.8, 4) is 6.07 Å². The maximum absolute atomic E-state index is 11.3. The van der Waals surface area contributed by atoms with Crippen LogP contribution in [-0.4, -0.2) is 23.8 Å². The molecule has 1 aliphatic carbocycles. The molecule has 1 aromatic carbocycles. The topological polar surface area (TPSA) is 44.1 Å². The minimum absolute atomic E-state index is 0.256. The van der Waals surface area contributed by atoms with Gasteiger partial charge in [-0.3, -0.25) is 9.69 Å². The highest BCUT2D eigenvalue weighted by Crippen LogP contribution is 2.47. The first-order valence-electron chi connectivity index (χ1n) is 7.41. The Kier molecular flexibility index (Phi) is 3.58. The van der Waals surface area contributed by atoms with Gasteiger partial charge < -0.3 is 0 Å². The van der Waals surface area contributed by atoms with Crippen LogP contribution in [0.3, 0.4) is 0 Å². The Morgan fingerprint density at radius 3 is 2.70 bits per heavy atom. The van der Waals surface area contributed by atoms with Crippen molar-refractivity contribution in [2.24, 2.45) is 11.3 Å². The zero-order valence-electron chi connectivity index (χ0n) is 11.7. The molecule has 104 valence electrons. The number of ketones is 1. The quantitative estimate of drug-likeness (QED) is 0.846. The van der Waals surface area contributed by atoms with Gasteiger partial charge >= 0.3 is 0 Å². The number of rotatable bonds is 3. The zero-order valence-corrected chi connectivity index (χ0v) is 11.7. The fourth-order valence-electron chi connectivity index (χ4n) is 3.60. The number of carbonyl (C=O) groups excluding carboxylic acids is 1. The van der Waals surface area contributed by atoms with E-state index in [1.807, 2.05) is 6.07 Å². The third-order valence-corrected chi connectivity index (χ3v) is 4.78. The molecule has 0 spiro atoms. The highest BCUT2D eigenvalue weighted by molar-refractivity contribution is 5.87. The lowest BCUT2D eigenvalue weighted by atomic mass is 9.59. The highest BCUT2D eigenvalue weighted by Gasteiger charge is 2.50. The summed E-state index contributed by atoms with van der Waals surface area (Å²) in [5, 5.41) is 9.46. The monoisotopic (exact) mass is 268 g/mol. The number of carbonyl (C=O) groups is 1. The molecule has 0 amide bonds. The maximum atomic E-state index is 11.3. The summed E-state index contributed by atoms with van der Waals surface area (Å²) in [6, 6.07) is 12.9. The van der Waals surface area contributed by atoms with Crippen molar-refractivity contribution in [3.63, 3.8) is 0 Å². The smallest absolute Gasteiger partial charge is 0.136 e. The summed E-state index contributed by atoms with van der Waals surface area (Å²) < 4.78 is 0. The first-order valence-corrected chi connectivity index (χ1v) is 7.41. The number of piperidine rings is 1. The SMILES string of the molecule is N#CC1(C2CCCN(Cc3ccccc3)C2)CC(=O)C1. The van der Waals surface area contributed by atoms with Crippen molar-refractivity contribution >= 4 is 5.78 Å². The summed E-state index contributed by atoms with van der Waals surface area (Å²) in [4.78, 5) is 13.8. The van der Waals surface area contributed by atoms with Gasteiger partial charge in [0.05, 0.1) is 11.5 Å². The Labute approximate surface area is 120 Å². The van der Waals surface area contributed by atoms with E-state index in [4.69, 9.17) is 0 Å². The predicted molar refractivity (Wildman–Crippen MR) is 76.7 cm³/mol. The largest absolute Gasteiger partial charge is 0.300 e. The second kappa shape index (κ2) is 5.38. The molecular weight excluding hydrogens is 248 g/mol. The van der Waals surface area contributed by atoms with Crippen LogP contribution < -0.4 is 0 Å². The number of benzene rings is 1. The Morgan fingerprint density at radius 2 is 2.05 bits per heavy atom. The van der Waals surface area contributed by atoms with Crippen LogP contribution in [0.25, 0.3) is 0 Å². The highest BCUT2D eigenvalue weighted by atomic mass is 16.1. The van der Waals surface area contributed by atoms with Gasteiger partial charge in [0.25, 0.3) is 0 Å². The Balaban J connectivity index is 1.65. The van der Waals surface area contributed by atoms with Crippen molar-refractivity contribution in [2.75, 3.05) is 13.1 Å². The lowest BCUT2D eigenvalue weighted by Gasteiger charge is -2.45. The number of nitriles is 1. The van der Waals surface area contributed by atoms with Gasteiger partial charge in [-0.25, -0.2) is 0 Å². The third kappa shape index (κ3) is 2.48. The van der Waals surface area contributed by atoms with Gasteiger partial charge in [-0.05, 0) is 30.9 Å². The molecule has 1 unspecified atom stereocenters. The molecule has 3 nitrogen and oxygen atoms in total. The van der Waals surface area contributed by atoms with Crippen molar-refractivity contribution < 1.29 is 4.79 Å². The summed E-state index contributed by atoms with van der Waals surface area (Å²) in [7, 11) is 0. The number of likely N-dealkylation sites (tertiary alicyclic amines) is 1. The van der Waals surface area contributed by atoms with E-state index in [2.05, 4.69) is 35.2 Å². The molecule has 2 fully saturated rings. The number of hydrogen-bond donors (Lipinski definition) is 0. The van der Waals surface area contributed by atoms with Crippen LogP contribution in [0.5, 0.6) is 0 Å². The summed E-state index contributed by atoms with van der Waals surface area (Å²) in [5.41, 5.74) is 0.968. The van der Waals surface area contributed by atoms with Crippen LogP contribution in [0.15, 0.2) is 30.3 Å². The van der Waals surface area contributed by atoms with E-state index in [1.165, 1.54) is 5.56 Å². The molecule has 1 heterocycles. The third-order valence-electron chi connectivity index (χ3n) is 4.78. The summed E-state index contributed by atoms with van der Waals surface area (Å²) in [6.45, 7) is 3.00. The lowest BCUT2D eigenvalue weighted by molar-refractivity contribution is -0.133. The van der Waals surface area contributed by atoms with Gasteiger partial charge in [0.2, 0.25) is 0 Å². The number of hydrogen-bond acceptors (Lipinski definition) is 3. The van der Waals surface area contributed by atoms with Gasteiger partial charge in [-0.1, -0.05) is 30.3 Å². The maximum Gasteiger partial charge on any atom is 0.136 e. The summed E-state index contributed by atoms with van der Waals surface area (Å²) >= 11 is 0. The van der Waals surface area contributed by atoms with Crippen molar-refractivity contribution in [1.29, 1.82) is 5.26 Å². The standard InChI is InChI=1S/C17H20N2O/c18-13-17(9-16(20)10-17)15-7-4-8-19(12-15)11-14-5-2-1-3-6-14/h1-3,5-6,15H,4,7-12H2. The molecule has 0 radical (unpaired) electrons. The van der Waals surface area contributed by atoms with Crippen molar-refractivity contribution in [1.82, 2.24) is 4.90 Å². The van der Waals surface area contributed by atoms with Crippen LogP contribution in [0.2, 0.25) is 0 Å². The normalized spacial score (nSPS) is 25.8. The Hall–Kier alpha value is -1.66. The van der Waals surface area contributed by atoms with Crippen LogP contribution in [0, 0.1) is 22.7 Å². The first kappa shape index (κ1) is 13.3. The summed E-state index contributed by atoms with van der Waals surface area (Å²) in [6.07, 6.45) is 3.18.